The molecule has 1 rings (SSSR count). The van der Waals surface area contributed by atoms with E-state index in [2.05, 4.69) is 0 Å². The van der Waals surface area contributed by atoms with Gasteiger partial charge in [-0.2, -0.15) is 0 Å². The first-order chi connectivity index (χ1) is 4.33. The first-order valence-electron chi connectivity index (χ1n) is 3.48. The van der Waals surface area contributed by atoms with Crippen LogP contribution in [0.5, 0.6) is 0 Å². The molecule has 0 spiro atoms. The molecule has 1 radical (unpaired) electrons. The summed E-state index contributed by atoms with van der Waals surface area (Å²) in [6, 6.07) is 0. The van der Waals surface area contributed by atoms with Crippen molar-refractivity contribution in [2.75, 3.05) is 6.54 Å². The predicted octanol–water partition coefficient (Wildman–Crippen LogP) is 1.18. The van der Waals surface area contributed by atoms with Crippen molar-refractivity contribution in [1.82, 2.24) is 5.06 Å². The Labute approximate surface area is 61.5 Å². The summed E-state index contributed by atoms with van der Waals surface area (Å²) in [5.41, 5.74) is -0.922. The highest BCUT2D eigenvalue weighted by Crippen LogP contribution is 2.31. The van der Waals surface area contributed by atoms with Crippen molar-refractivity contribution >= 4 is 0 Å². The minimum atomic E-state index is -0.635. The number of nitrogens with zero attached hydrogens (tertiary/aromatic N) is 1. The van der Waals surface area contributed by atoms with Gasteiger partial charge in [0.15, 0.2) is 0 Å². The maximum atomic E-state index is 11.1. The van der Waals surface area contributed by atoms with Gasteiger partial charge in [-0.05, 0) is 27.7 Å². The highest BCUT2D eigenvalue weighted by atomic mass is 16.6. The Morgan fingerprint density at radius 1 is 1.30 bits per heavy atom. The Balaban J connectivity index is 2.71. The number of ether oxygens (including phenoxy) is 1. The molecule has 1 aliphatic rings. The zero-order valence-corrected chi connectivity index (χ0v) is 6.97. The van der Waals surface area contributed by atoms with Crippen molar-refractivity contribution in [3.63, 3.8) is 0 Å². The molecule has 0 aromatic rings. The molecule has 10 heavy (non-hydrogen) atoms. The molecule has 1 heterocycles. The number of hydroxylamine groups is 2. The van der Waals surface area contributed by atoms with Crippen LogP contribution in [0, 0.1) is 0 Å². The molecule has 0 aromatic heterocycles. The largest absolute Gasteiger partial charge is 0.351 e. The Kier molecular flexibility index (Phi) is 1.54. The van der Waals surface area contributed by atoms with E-state index in [0.29, 0.717) is 6.54 Å². The SMILES string of the molecule is CC1(C)CN([O])C(C)(C)O1. The van der Waals surface area contributed by atoms with Gasteiger partial charge < -0.3 is 4.74 Å². The van der Waals surface area contributed by atoms with E-state index in [4.69, 9.17) is 4.74 Å². The quantitative estimate of drug-likeness (QED) is 0.511. The standard InChI is InChI=1S/C7H14NO2/c1-6(2)5-8(9)7(3,4)10-6/h5H2,1-4H3. The van der Waals surface area contributed by atoms with Gasteiger partial charge in [-0.25, -0.2) is 0 Å². The van der Waals surface area contributed by atoms with Gasteiger partial charge in [0.1, 0.15) is 5.72 Å². The van der Waals surface area contributed by atoms with Gasteiger partial charge in [0, 0.05) is 0 Å². The van der Waals surface area contributed by atoms with Crippen molar-refractivity contribution in [2.45, 2.75) is 39.0 Å². The molecule has 0 aromatic carbocycles. The first-order valence-corrected chi connectivity index (χ1v) is 3.48. The summed E-state index contributed by atoms with van der Waals surface area (Å²) in [4.78, 5) is 0. The van der Waals surface area contributed by atoms with Crippen LogP contribution in [-0.2, 0) is 9.94 Å². The Morgan fingerprint density at radius 3 is 1.90 bits per heavy atom. The molecular formula is C7H14NO2. The average Bonchev–Trinajstić information content (AvgIpc) is 1.73. The molecule has 1 saturated heterocycles. The molecular weight excluding hydrogens is 130 g/mol. The van der Waals surface area contributed by atoms with Crippen LogP contribution in [0.3, 0.4) is 0 Å². The third-order valence-electron chi connectivity index (χ3n) is 1.65. The van der Waals surface area contributed by atoms with Gasteiger partial charge in [0.05, 0.1) is 12.1 Å². The molecule has 1 aliphatic heterocycles. The Bertz CT molecular complexity index is 143. The van der Waals surface area contributed by atoms with Crippen LogP contribution in [0.2, 0.25) is 0 Å². The third-order valence-corrected chi connectivity index (χ3v) is 1.65. The normalized spacial score (nSPS) is 30.9. The zero-order chi connectivity index (χ0) is 7.99. The maximum absolute atomic E-state index is 11.1. The van der Waals surface area contributed by atoms with Crippen molar-refractivity contribution < 1.29 is 9.94 Å². The second-order valence-electron chi connectivity index (χ2n) is 3.85. The van der Waals surface area contributed by atoms with E-state index in [1.807, 2.05) is 13.8 Å². The molecule has 59 valence electrons. The van der Waals surface area contributed by atoms with E-state index >= 15 is 0 Å². The topological polar surface area (TPSA) is 32.4 Å². The minimum absolute atomic E-state index is 0.286. The summed E-state index contributed by atoms with van der Waals surface area (Å²) in [7, 11) is 0. The predicted molar refractivity (Wildman–Crippen MR) is 36.6 cm³/mol. The lowest BCUT2D eigenvalue weighted by atomic mass is 10.1. The van der Waals surface area contributed by atoms with Gasteiger partial charge in [-0.1, -0.05) is 0 Å². The van der Waals surface area contributed by atoms with Crippen molar-refractivity contribution in [1.29, 1.82) is 0 Å². The molecule has 0 bridgehead atoms. The van der Waals surface area contributed by atoms with Crippen molar-refractivity contribution in [3.05, 3.63) is 0 Å². The summed E-state index contributed by atoms with van der Waals surface area (Å²) >= 11 is 0. The van der Waals surface area contributed by atoms with Crippen LogP contribution >= 0.6 is 0 Å². The minimum Gasteiger partial charge on any atom is -0.351 e. The fourth-order valence-electron chi connectivity index (χ4n) is 1.30. The van der Waals surface area contributed by atoms with Crippen LogP contribution in [0.25, 0.3) is 0 Å². The number of hydrogen-bond donors (Lipinski definition) is 0. The summed E-state index contributed by atoms with van der Waals surface area (Å²) in [5, 5.41) is 12.1. The molecule has 0 N–H and O–H groups in total. The maximum Gasteiger partial charge on any atom is 0.142 e. The van der Waals surface area contributed by atoms with Crippen LogP contribution in [0.4, 0.5) is 0 Å². The zero-order valence-electron chi connectivity index (χ0n) is 6.97. The third kappa shape index (κ3) is 1.31. The Hall–Kier alpha value is -0.120. The molecule has 3 heteroatoms. The highest BCUT2D eigenvalue weighted by Gasteiger charge is 2.44. The Morgan fingerprint density at radius 2 is 1.80 bits per heavy atom. The van der Waals surface area contributed by atoms with Crippen LogP contribution < -0.4 is 0 Å². The average molecular weight is 144 g/mol. The lowest BCUT2D eigenvalue weighted by Crippen LogP contribution is -2.35. The summed E-state index contributed by atoms with van der Waals surface area (Å²) in [6.45, 7) is 7.88. The molecule has 0 saturated carbocycles. The number of hydrogen-bond acceptors (Lipinski definition) is 2. The van der Waals surface area contributed by atoms with Gasteiger partial charge in [0.25, 0.3) is 0 Å². The fraction of sp³-hybridized carbons (Fsp3) is 1.00. The lowest BCUT2D eigenvalue weighted by molar-refractivity contribution is -0.252. The fourth-order valence-corrected chi connectivity index (χ4v) is 1.30. The highest BCUT2D eigenvalue weighted by molar-refractivity contribution is 4.85. The molecule has 0 atom stereocenters. The lowest BCUT2D eigenvalue weighted by Gasteiger charge is -2.23. The number of rotatable bonds is 0. The van der Waals surface area contributed by atoms with E-state index < -0.39 is 5.72 Å². The van der Waals surface area contributed by atoms with Gasteiger partial charge >= 0.3 is 0 Å². The smallest absolute Gasteiger partial charge is 0.142 e. The van der Waals surface area contributed by atoms with Crippen LogP contribution in [0.1, 0.15) is 27.7 Å². The molecule has 0 unspecified atom stereocenters. The second-order valence-corrected chi connectivity index (χ2v) is 3.85. The molecule has 1 fully saturated rings. The van der Waals surface area contributed by atoms with E-state index in [0.717, 1.165) is 5.06 Å². The first kappa shape index (κ1) is 7.98. The van der Waals surface area contributed by atoms with E-state index in [1.165, 1.54) is 0 Å². The van der Waals surface area contributed by atoms with Gasteiger partial charge in [0.2, 0.25) is 0 Å². The van der Waals surface area contributed by atoms with Gasteiger partial charge in [-0.15, -0.1) is 10.3 Å². The van der Waals surface area contributed by atoms with Crippen molar-refractivity contribution in [3.8, 4) is 0 Å². The molecule has 0 aliphatic carbocycles. The summed E-state index contributed by atoms with van der Waals surface area (Å²) in [6.07, 6.45) is 0. The van der Waals surface area contributed by atoms with E-state index in [9.17, 15) is 5.21 Å². The summed E-state index contributed by atoms with van der Waals surface area (Å²) in [5.74, 6) is 0. The van der Waals surface area contributed by atoms with Crippen LogP contribution in [-0.4, -0.2) is 22.9 Å². The van der Waals surface area contributed by atoms with Gasteiger partial charge in [-0.3, -0.25) is 0 Å². The van der Waals surface area contributed by atoms with Crippen LogP contribution in [0.15, 0.2) is 0 Å². The monoisotopic (exact) mass is 144 g/mol. The van der Waals surface area contributed by atoms with E-state index in [1.54, 1.807) is 13.8 Å². The second kappa shape index (κ2) is 1.94. The molecule has 3 nitrogen and oxygen atoms in total. The molecule has 0 amide bonds. The van der Waals surface area contributed by atoms with E-state index in [-0.39, 0.29) is 5.60 Å². The van der Waals surface area contributed by atoms with Crippen molar-refractivity contribution in [2.24, 2.45) is 0 Å². The summed E-state index contributed by atoms with van der Waals surface area (Å²) < 4.78 is 5.46.